The summed E-state index contributed by atoms with van der Waals surface area (Å²) in [7, 11) is 0. The van der Waals surface area contributed by atoms with Gasteiger partial charge in [0.2, 0.25) is 0 Å². The van der Waals surface area contributed by atoms with Crippen molar-refractivity contribution in [3.63, 3.8) is 0 Å². The fraction of sp³-hybridized carbons (Fsp3) is 0. The predicted octanol–water partition coefficient (Wildman–Crippen LogP) is 0.622. The molecule has 10 nitrogen and oxygen atoms in total. The first-order chi connectivity index (χ1) is 1.73. The quantitative estimate of drug-likeness (QED) is 0.236. The fourth-order valence-electron chi connectivity index (χ4n) is 0. The van der Waals surface area contributed by atoms with E-state index < -0.39 is 5.09 Å². The molecule has 0 aromatic rings. The summed E-state index contributed by atoms with van der Waals surface area (Å²) >= 11 is 0. The van der Waals surface area contributed by atoms with Gasteiger partial charge in [0.05, 0.1) is 0 Å². The van der Waals surface area contributed by atoms with Crippen LogP contribution in [0, 0.1) is 10.1 Å². The van der Waals surface area contributed by atoms with Crippen molar-refractivity contribution in [2.45, 2.75) is 0 Å². The molecule has 0 saturated carbocycles. The molecule has 11 heteroatoms. The maximum Gasteiger partial charge on any atom is 0.291 e. The van der Waals surface area contributed by atoms with E-state index in [1.165, 1.54) is 0 Å². The van der Waals surface area contributed by atoms with Crippen molar-refractivity contribution in [2.75, 3.05) is 0 Å². The number of hydrogen-bond acceptors (Lipinski definition) is 8. The Morgan fingerprint density at radius 2 is 0.909 bits per heavy atom. The van der Waals surface area contributed by atoms with Crippen LogP contribution in [-0.4, -0.2) is 10.3 Å². The van der Waals surface area contributed by atoms with Gasteiger partial charge in [0.15, 0.2) is 0 Å². The second-order valence-electron chi connectivity index (χ2n) is 0.238. The third-order valence-electron chi connectivity index (χ3n) is 0. The van der Waals surface area contributed by atoms with Gasteiger partial charge >= 0.3 is 0 Å². The number of rotatable bonds is 0. The third kappa shape index (κ3) is 3650. The van der Waals surface area contributed by atoms with Crippen molar-refractivity contribution < 1.29 is 30.4 Å². The molecule has 0 rings (SSSR count). The Morgan fingerprint density at radius 3 is 0.909 bits per heavy atom. The van der Waals surface area contributed by atoms with E-state index >= 15 is 0 Å². The summed E-state index contributed by atoms with van der Waals surface area (Å²) in [5.41, 5.74) is 0. The van der Waals surface area contributed by atoms with Gasteiger partial charge in [-0.15, -0.1) is 10.1 Å². The van der Waals surface area contributed by atoms with Gasteiger partial charge in [-0.3, -0.25) is 0 Å². The van der Waals surface area contributed by atoms with Crippen molar-refractivity contribution in [2.24, 2.45) is 0 Å². The molecule has 0 spiro atoms. The van der Waals surface area contributed by atoms with Crippen LogP contribution in [0.25, 0.3) is 0 Å². The van der Waals surface area contributed by atoms with Crippen molar-refractivity contribution >= 4 is 0 Å². The van der Waals surface area contributed by atoms with Crippen LogP contribution in [0.2, 0.25) is 0 Å². The molecule has 0 aliphatic rings. The van der Waals surface area contributed by atoms with Gasteiger partial charge < -0.3 is 42.1 Å². The molecule has 19 N–H and O–H groups in total. The summed E-state index contributed by atoms with van der Waals surface area (Å²) in [6.45, 7) is 0. The first-order valence-electron chi connectivity index (χ1n) is 0.565. The van der Waals surface area contributed by atoms with Gasteiger partial charge in [-0.05, 0) is 0 Å². The Bertz CT molecular complexity index is 36.7. The van der Waals surface area contributed by atoms with Crippen LogP contribution in [0.3, 0.4) is 0 Å². The molecule has 0 aliphatic carbocycles. The second-order valence-corrected chi connectivity index (χ2v) is 0.238. The third-order valence-corrected chi connectivity index (χ3v) is 0. The van der Waals surface area contributed by atoms with E-state index in [0.29, 0.717) is 0 Å². The van der Waals surface area contributed by atoms with E-state index in [1.54, 1.807) is 0 Å². The Hall–Kier alpha value is -0.391. The van der Waals surface area contributed by atoms with E-state index in [4.69, 9.17) is 15.3 Å². The molecule has 0 amide bonds. The largest absolute Gasteiger partial charge is 0.344 e. The van der Waals surface area contributed by atoms with Gasteiger partial charge in [0.1, 0.15) is 0 Å². The average Bonchev–Trinajstić information content (AvgIpc) is 0.811. The van der Waals surface area contributed by atoms with Crippen LogP contribution >= 0.6 is 0 Å². The van der Waals surface area contributed by atoms with Gasteiger partial charge in [-0.25, -0.2) is 0 Å². The van der Waals surface area contributed by atoms with Crippen molar-refractivity contribution in [3.8, 4) is 0 Å². The summed E-state index contributed by atoms with van der Waals surface area (Å²) < 4.78 is 0. The summed E-state index contributed by atoms with van der Waals surface area (Å²) in [5.74, 6) is 0. The molecule has 0 fully saturated rings. The molecule has 0 aromatic heterocycles. The number of hydrogen-bond donors (Lipinski definition) is 7. The molecule has 11 heavy (non-hydrogen) atoms. The predicted molar refractivity (Wildman–Crippen MR) is 38.9 cm³/mol. The Kier molecular flexibility index (Phi) is 1370. The molecule has 0 atom stereocenters. The van der Waals surface area contributed by atoms with Crippen LogP contribution in [-0.2, 0) is 20.1 Å². The summed E-state index contributed by atoms with van der Waals surface area (Å²) in [5, 5.41) is 13.6. The molecule has 81 valence electrons. The van der Waals surface area contributed by atoms with E-state index in [1.807, 2.05) is 0 Å². The van der Waals surface area contributed by atoms with Crippen LogP contribution in [0.1, 0.15) is 0 Å². The Balaban J connectivity index is -0.00000000214. The second kappa shape index (κ2) is 105. The van der Waals surface area contributed by atoms with Gasteiger partial charge in [0, 0.05) is 20.1 Å². The molecule has 0 aliphatic heterocycles. The summed E-state index contributed by atoms with van der Waals surface area (Å²) in [6, 6.07) is 0. The van der Waals surface area contributed by atoms with Gasteiger partial charge in [0.25, 0.3) is 5.09 Å². The summed E-state index contributed by atoms with van der Waals surface area (Å²) in [4.78, 5) is 8.36. The molecular formula is H19IrN7O3. The Labute approximate surface area is 78.1 Å². The zero-order valence-corrected chi connectivity index (χ0v) is 8.68. The smallest absolute Gasteiger partial charge is 0.291 e. The van der Waals surface area contributed by atoms with E-state index in [0.717, 1.165) is 0 Å². The summed E-state index contributed by atoms with van der Waals surface area (Å²) in [6.07, 6.45) is 0. The minimum absolute atomic E-state index is 0. The van der Waals surface area contributed by atoms with Crippen LogP contribution in [0.15, 0.2) is 0 Å². The van der Waals surface area contributed by atoms with Crippen molar-refractivity contribution in [1.82, 2.24) is 36.9 Å². The van der Waals surface area contributed by atoms with E-state index in [9.17, 15) is 0 Å². The Morgan fingerprint density at radius 1 is 0.909 bits per heavy atom. The van der Waals surface area contributed by atoms with E-state index in [2.05, 4.69) is 0 Å². The molecule has 0 aromatic carbocycles. The topological polar surface area (TPSA) is 273 Å². The minimum Gasteiger partial charge on any atom is -0.344 e. The first kappa shape index (κ1) is 144. The molecule has 0 unspecified atom stereocenters. The fourth-order valence-corrected chi connectivity index (χ4v) is 0. The normalized spacial score (nSPS) is 2.18. The SMILES string of the molecule is N.N.N.N.N.N.O=[N+]([O-])O.[Ir]. The maximum absolute atomic E-state index is 8.36. The van der Waals surface area contributed by atoms with Crippen molar-refractivity contribution in [3.05, 3.63) is 10.1 Å². The standard InChI is InChI=1S/Ir.HNO3.6H3N/c;2-1(3)4;;;;;;/h;(H,2,3,4);6*1H3. The van der Waals surface area contributed by atoms with Crippen LogP contribution in [0.5, 0.6) is 0 Å². The maximum atomic E-state index is 8.36. The molecule has 0 bridgehead atoms. The van der Waals surface area contributed by atoms with Gasteiger partial charge in [-0.2, -0.15) is 0 Å². The number of nitrogens with zero attached hydrogens (tertiary/aromatic N) is 1. The zero-order chi connectivity index (χ0) is 3.58. The zero-order valence-electron chi connectivity index (χ0n) is 6.29. The van der Waals surface area contributed by atoms with Crippen molar-refractivity contribution in [1.29, 1.82) is 0 Å². The molecule has 0 heterocycles. The molecule has 1 radical (unpaired) electrons. The first-order valence-corrected chi connectivity index (χ1v) is 0.565. The molecule has 0 saturated heterocycles. The average molecular weight is 357 g/mol. The van der Waals surface area contributed by atoms with Gasteiger partial charge in [-0.1, -0.05) is 0 Å². The van der Waals surface area contributed by atoms with Crippen LogP contribution in [0.4, 0.5) is 0 Å². The van der Waals surface area contributed by atoms with Crippen LogP contribution < -0.4 is 36.9 Å². The molecular weight excluding hydrogens is 338 g/mol. The monoisotopic (exact) mass is 358 g/mol. The minimum atomic E-state index is -1.50. The van der Waals surface area contributed by atoms with E-state index in [-0.39, 0.29) is 57.0 Å².